The molecule has 22 heavy (non-hydrogen) atoms. The third-order valence-corrected chi connectivity index (χ3v) is 4.35. The van der Waals surface area contributed by atoms with E-state index < -0.39 is 14.9 Å². The number of benzene rings is 1. The van der Waals surface area contributed by atoms with Crippen molar-refractivity contribution < 1.29 is 13.3 Å². The summed E-state index contributed by atoms with van der Waals surface area (Å²) >= 11 is 0. The molecule has 0 aliphatic heterocycles. The quantitative estimate of drug-likeness (QED) is 0.645. The highest BCUT2D eigenvalue weighted by atomic mass is 32.2. The minimum Gasteiger partial charge on any atom is -0.318 e. The Labute approximate surface area is 126 Å². The Balaban J connectivity index is 2.20. The summed E-state index contributed by atoms with van der Waals surface area (Å²) in [6, 6.07) is 7.62. The maximum absolute atomic E-state index is 12.1. The maximum Gasteiger partial charge on any atom is 0.270 e. The monoisotopic (exact) mass is 323 g/mol. The summed E-state index contributed by atoms with van der Waals surface area (Å²) < 4.78 is 27.9. The van der Waals surface area contributed by atoms with Gasteiger partial charge in [0.05, 0.1) is 9.82 Å². The highest BCUT2D eigenvalue weighted by Gasteiger charge is 2.17. The van der Waals surface area contributed by atoms with E-state index in [9.17, 15) is 23.3 Å². The molecular formula is C13H13N3O5S. The summed E-state index contributed by atoms with van der Waals surface area (Å²) in [7, 11) is -2.32. The van der Waals surface area contributed by atoms with Crippen LogP contribution in [0.1, 0.15) is 5.56 Å². The second kappa shape index (κ2) is 6.08. The molecule has 0 fully saturated rings. The van der Waals surface area contributed by atoms with Crippen LogP contribution in [0.2, 0.25) is 0 Å². The molecule has 1 heterocycles. The Morgan fingerprint density at radius 2 is 2.00 bits per heavy atom. The molecule has 0 radical (unpaired) electrons. The van der Waals surface area contributed by atoms with Crippen LogP contribution >= 0.6 is 0 Å². The lowest BCUT2D eigenvalue weighted by molar-refractivity contribution is -0.385. The zero-order chi connectivity index (χ0) is 16.3. The SMILES string of the molecule is Cn1cc(CNS(=O)(=O)c2cccc([N+](=O)[O-])c2)ccc1=O. The number of nitro groups is 1. The number of hydrogen-bond donors (Lipinski definition) is 1. The zero-order valence-corrected chi connectivity index (χ0v) is 12.4. The van der Waals surface area contributed by atoms with Crippen molar-refractivity contribution in [3.05, 3.63) is 68.6 Å². The molecule has 0 saturated heterocycles. The van der Waals surface area contributed by atoms with Gasteiger partial charge in [-0.1, -0.05) is 12.1 Å². The Morgan fingerprint density at radius 3 is 2.64 bits per heavy atom. The molecule has 0 amide bonds. The molecule has 0 saturated carbocycles. The number of non-ortho nitro benzene ring substituents is 1. The van der Waals surface area contributed by atoms with Crippen LogP contribution < -0.4 is 10.3 Å². The molecule has 1 N–H and O–H groups in total. The normalized spacial score (nSPS) is 11.3. The highest BCUT2D eigenvalue weighted by molar-refractivity contribution is 7.89. The second-order valence-electron chi connectivity index (χ2n) is 4.57. The lowest BCUT2D eigenvalue weighted by Gasteiger charge is -2.07. The predicted octanol–water partition coefficient (Wildman–Crippen LogP) is 0.772. The van der Waals surface area contributed by atoms with Crippen molar-refractivity contribution in [1.82, 2.24) is 9.29 Å². The molecule has 0 aliphatic rings. The van der Waals surface area contributed by atoms with E-state index in [2.05, 4.69) is 4.72 Å². The van der Waals surface area contributed by atoms with Crippen molar-refractivity contribution in [3.63, 3.8) is 0 Å². The number of aryl methyl sites for hydroxylation is 1. The van der Waals surface area contributed by atoms with Crippen molar-refractivity contribution in [3.8, 4) is 0 Å². The average Bonchev–Trinajstić information content (AvgIpc) is 2.48. The molecule has 0 spiro atoms. The Kier molecular flexibility index (Phi) is 4.38. The van der Waals surface area contributed by atoms with Crippen molar-refractivity contribution in [2.45, 2.75) is 11.4 Å². The smallest absolute Gasteiger partial charge is 0.270 e. The van der Waals surface area contributed by atoms with Crippen LogP contribution in [0.3, 0.4) is 0 Å². The van der Waals surface area contributed by atoms with Gasteiger partial charge in [0.2, 0.25) is 15.6 Å². The summed E-state index contributed by atoms with van der Waals surface area (Å²) in [6.45, 7) is -0.0286. The molecule has 9 heteroatoms. The molecule has 2 rings (SSSR count). The van der Waals surface area contributed by atoms with Crippen molar-refractivity contribution in [2.75, 3.05) is 0 Å². The molecule has 116 valence electrons. The molecule has 0 aliphatic carbocycles. The van der Waals surface area contributed by atoms with Gasteiger partial charge in [-0.2, -0.15) is 0 Å². The topological polar surface area (TPSA) is 111 Å². The fourth-order valence-electron chi connectivity index (χ4n) is 1.78. The first-order valence-corrected chi connectivity index (χ1v) is 7.67. The molecule has 0 bridgehead atoms. The first-order valence-electron chi connectivity index (χ1n) is 6.19. The fraction of sp³-hybridized carbons (Fsp3) is 0.154. The molecule has 1 aromatic carbocycles. The number of aromatic nitrogens is 1. The predicted molar refractivity (Wildman–Crippen MR) is 78.8 cm³/mol. The van der Waals surface area contributed by atoms with Crippen LogP contribution in [0.25, 0.3) is 0 Å². The maximum atomic E-state index is 12.1. The minimum absolute atomic E-state index is 0.0286. The molecule has 8 nitrogen and oxygen atoms in total. The van der Waals surface area contributed by atoms with Crippen LogP contribution in [0.4, 0.5) is 5.69 Å². The summed E-state index contributed by atoms with van der Waals surface area (Å²) in [5.41, 5.74) is 0.0892. The van der Waals surface area contributed by atoms with Gasteiger partial charge < -0.3 is 4.57 Å². The third kappa shape index (κ3) is 3.57. The fourth-order valence-corrected chi connectivity index (χ4v) is 2.84. The number of nitro benzene ring substituents is 1. The van der Waals surface area contributed by atoms with Gasteiger partial charge in [-0.25, -0.2) is 13.1 Å². The standard InChI is InChI=1S/C13H13N3O5S/c1-15-9-10(5-6-13(15)17)8-14-22(20,21)12-4-2-3-11(7-12)16(18)19/h2-7,9,14H,8H2,1H3. The van der Waals surface area contributed by atoms with Gasteiger partial charge in [-0.3, -0.25) is 14.9 Å². The van der Waals surface area contributed by atoms with Crippen LogP contribution in [-0.4, -0.2) is 17.9 Å². The van der Waals surface area contributed by atoms with Gasteiger partial charge in [-0.05, 0) is 11.6 Å². The number of nitrogens with one attached hydrogen (secondary N) is 1. The zero-order valence-electron chi connectivity index (χ0n) is 11.6. The van der Waals surface area contributed by atoms with Gasteiger partial charge in [0.25, 0.3) is 5.69 Å². The van der Waals surface area contributed by atoms with Crippen LogP contribution in [0.5, 0.6) is 0 Å². The van der Waals surface area contributed by atoms with E-state index in [0.29, 0.717) is 5.56 Å². The van der Waals surface area contributed by atoms with E-state index in [-0.39, 0.29) is 22.7 Å². The highest BCUT2D eigenvalue weighted by Crippen LogP contribution is 2.17. The molecule has 2 aromatic rings. The lowest BCUT2D eigenvalue weighted by atomic mass is 10.3. The lowest BCUT2D eigenvalue weighted by Crippen LogP contribution is -2.24. The minimum atomic E-state index is -3.88. The van der Waals surface area contributed by atoms with Gasteiger partial charge in [0.15, 0.2) is 0 Å². The average molecular weight is 323 g/mol. The van der Waals surface area contributed by atoms with Crippen molar-refractivity contribution in [1.29, 1.82) is 0 Å². The van der Waals surface area contributed by atoms with E-state index in [1.807, 2.05) is 0 Å². The molecular weight excluding hydrogens is 310 g/mol. The number of nitrogens with zero attached hydrogens (tertiary/aromatic N) is 2. The van der Waals surface area contributed by atoms with E-state index in [4.69, 9.17) is 0 Å². The van der Waals surface area contributed by atoms with Crippen LogP contribution in [0, 0.1) is 10.1 Å². The first-order chi connectivity index (χ1) is 10.3. The van der Waals surface area contributed by atoms with Gasteiger partial charge in [-0.15, -0.1) is 0 Å². The largest absolute Gasteiger partial charge is 0.318 e. The number of pyridine rings is 1. The number of rotatable bonds is 5. The summed E-state index contributed by atoms with van der Waals surface area (Å²) in [6.07, 6.45) is 1.51. The third-order valence-electron chi connectivity index (χ3n) is 2.95. The van der Waals surface area contributed by atoms with E-state index in [1.54, 1.807) is 7.05 Å². The number of sulfonamides is 1. The van der Waals surface area contributed by atoms with Crippen molar-refractivity contribution >= 4 is 15.7 Å². The Bertz CT molecular complexity index is 873. The Hall–Kier alpha value is -2.52. The summed E-state index contributed by atoms with van der Waals surface area (Å²) in [5.74, 6) is 0. The van der Waals surface area contributed by atoms with Crippen molar-refractivity contribution in [2.24, 2.45) is 7.05 Å². The molecule has 0 unspecified atom stereocenters. The van der Waals surface area contributed by atoms with Gasteiger partial charge in [0.1, 0.15) is 0 Å². The van der Waals surface area contributed by atoms with E-state index >= 15 is 0 Å². The van der Waals surface area contributed by atoms with Crippen LogP contribution in [-0.2, 0) is 23.6 Å². The van der Waals surface area contributed by atoms with E-state index in [0.717, 1.165) is 6.07 Å². The number of hydrogen-bond acceptors (Lipinski definition) is 5. The molecule has 0 atom stereocenters. The van der Waals surface area contributed by atoms with E-state index in [1.165, 1.54) is 41.1 Å². The van der Waals surface area contributed by atoms with Crippen LogP contribution in [0.15, 0.2) is 52.3 Å². The first kappa shape index (κ1) is 15.9. The van der Waals surface area contributed by atoms with Gasteiger partial charge in [0, 0.05) is 38.0 Å². The molecule has 1 aromatic heterocycles. The second-order valence-corrected chi connectivity index (χ2v) is 6.33. The van der Waals surface area contributed by atoms with Gasteiger partial charge >= 0.3 is 0 Å². The summed E-state index contributed by atoms with van der Waals surface area (Å²) in [4.78, 5) is 21.1. The summed E-state index contributed by atoms with van der Waals surface area (Å²) in [5, 5.41) is 10.7. The Morgan fingerprint density at radius 1 is 1.27 bits per heavy atom.